The number of benzene rings is 2. The van der Waals surface area contributed by atoms with Gasteiger partial charge in [0.25, 0.3) is 0 Å². The average Bonchev–Trinajstić information content (AvgIpc) is 3.39. The summed E-state index contributed by atoms with van der Waals surface area (Å²) in [6, 6.07) is 15.5. The molecule has 0 spiro atoms. The number of alkyl halides is 3. The van der Waals surface area contributed by atoms with Gasteiger partial charge in [-0.15, -0.1) is 10.2 Å². The van der Waals surface area contributed by atoms with E-state index in [-0.39, 0.29) is 18.5 Å². The molecule has 1 aromatic heterocycles. The molecular weight excluding hydrogens is 487 g/mol. The molecule has 8 nitrogen and oxygen atoms in total. The summed E-state index contributed by atoms with van der Waals surface area (Å²) in [7, 11) is 0. The Morgan fingerprint density at radius 1 is 1.00 bits per heavy atom. The number of rotatable bonds is 5. The third-order valence-corrected chi connectivity index (χ3v) is 5.24. The number of urea groups is 1. The van der Waals surface area contributed by atoms with Crippen molar-refractivity contribution in [3.05, 3.63) is 66.1 Å². The monoisotopic (exact) mass is 517 g/mol. The Morgan fingerprint density at radius 2 is 1.59 bits per heavy atom. The smallest absolute Gasteiger partial charge is 0.413 e. The molecule has 3 amide bonds. The van der Waals surface area contributed by atoms with E-state index in [1.54, 1.807) is 39.0 Å². The Balaban J connectivity index is 0.000000886. The minimum Gasteiger partial charge on any atom is -0.413 e. The van der Waals surface area contributed by atoms with Gasteiger partial charge in [0.1, 0.15) is 0 Å². The minimum absolute atomic E-state index is 0.192. The van der Waals surface area contributed by atoms with Crippen molar-refractivity contribution >= 4 is 18.1 Å². The molecule has 1 saturated heterocycles. The predicted molar refractivity (Wildman–Crippen MR) is 132 cm³/mol. The molecule has 0 atom stereocenters. The van der Waals surface area contributed by atoms with Crippen molar-refractivity contribution in [3.8, 4) is 11.5 Å². The molecule has 198 valence electrons. The van der Waals surface area contributed by atoms with Crippen molar-refractivity contribution in [1.82, 2.24) is 20.0 Å². The zero-order valence-corrected chi connectivity index (χ0v) is 21.0. The predicted octanol–water partition coefficient (Wildman–Crippen LogP) is 5.32. The number of hydrogen-bond donors (Lipinski definition) is 0. The number of aromatic nitrogens is 2. The fraction of sp³-hybridized carbons (Fsp3) is 0.385. The Kier molecular flexibility index (Phi) is 9.26. The number of piperazine rings is 1. The van der Waals surface area contributed by atoms with Crippen LogP contribution in [-0.2, 0) is 17.5 Å². The Hall–Kier alpha value is -3.89. The average molecular weight is 518 g/mol. The van der Waals surface area contributed by atoms with Crippen LogP contribution in [-0.4, -0.2) is 58.6 Å². The summed E-state index contributed by atoms with van der Waals surface area (Å²) < 4.78 is 42.8. The molecule has 1 fully saturated rings. The number of hydrogen-bond acceptors (Lipinski definition) is 5. The van der Waals surface area contributed by atoms with Gasteiger partial charge in [0.15, 0.2) is 0 Å². The SMILES string of the molecule is CC(C)C.O=CN1CCN(C(=O)N(Cc2ccc(-c3nnc(C(F)(F)F)o3)cc2)c2ccccc2)CC1. The molecule has 0 bridgehead atoms. The number of para-hydroxylation sites is 1. The van der Waals surface area contributed by atoms with Crippen molar-refractivity contribution in [3.63, 3.8) is 0 Å². The van der Waals surface area contributed by atoms with Gasteiger partial charge in [0.2, 0.25) is 12.3 Å². The van der Waals surface area contributed by atoms with Crippen LogP contribution < -0.4 is 4.90 Å². The van der Waals surface area contributed by atoms with Crippen molar-refractivity contribution in [2.24, 2.45) is 5.92 Å². The van der Waals surface area contributed by atoms with Crippen LogP contribution in [0.4, 0.5) is 23.7 Å². The van der Waals surface area contributed by atoms with Crippen LogP contribution in [0.2, 0.25) is 0 Å². The number of carbonyl (C=O) groups excluding carboxylic acids is 2. The normalized spacial score (nSPS) is 13.7. The van der Waals surface area contributed by atoms with Crippen LogP contribution in [0.15, 0.2) is 59.0 Å². The molecule has 3 aromatic rings. The highest BCUT2D eigenvalue weighted by atomic mass is 19.4. The summed E-state index contributed by atoms with van der Waals surface area (Å²) >= 11 is 0. The van der Waals surface area contributed by atoms with Gasteiger partial charge in [-0.1, -0.05) is 51.1 Å². The number of anilines is 1. The maximum absolute atomic E-state index is 13.3. The van der Waals surface area contributed by atoms with Gasteiger partial charge in [0, 0.05) is 37.4 Å². The van der Waals surface area contributed by atoms with Crippen molar-refractivity contribution in [2.45, 2.75) is 33.5 Å². The molecule has 1 aliphatic heterocycles. The number of nitrogens with zero attached hydrogens (tertiary/aromatic N) is 5. The molecule has 37 heavy (non-hydrogen) atoms. The van der Waals surface area contributed by atoms with Crippen LogP contribution in [0.1, 0.15) is 32.2 Å². The van der Waals surface area contributed by atoms with Gasteiger partial charge in [0.05, 0.1) is 6.54 Å². The number of carbonyl (C=O) groups is 2. The molecule has 0 saturated carbocycles. The lowest BCUT2D eigenvalue weighted by molar-refractivity contribution is -0.156. The molecule has 4 rings (SSSR count). The second-order valence-electron chi connectivity index (χ2n) is 9.17. The molecule has 11 heteroatoms. The molecule has 0 unspecified atom stereocenters. The zero-order valence-electron chi connectivity index (χ0n) is 21.0. The van der Waals surface area contributed by atoms with E-state index in [0.29, 0.717) is 37.4 Å². The second kappa shape index (κ2) is 12.4. The molecule has 0 aliphatic carbocycles. The largest absolute Gasteiger partial charge is 0.470 e. The third kappa shape index (κ3) is 7.80. The molecule has 0 radical (unpaired) electrons. The second-order valence-corrected chi connectivity index (χ2v) is 9.17. The summed E-state index contributed by atoms with van der Waals surface area (Å²) in [5.41, 5.74) is 1.80. The van der Waals surface area contributed by atoms with Crippen molar-refractivity contribution in [2.75, 3.05) is 31.1 Å². The van der Waals surface area contributed by atoms with E-state index in [1.807, 2.05) is 30.3 Å². The Labute approximate surface area is 213 Å². The summed E-state index contributed by atoms with van der Waals surface area (Å²) in [5.74, 6) is -0.810. The van der Waals surface area contributed by atoms with Crippen LogP contribution in [0, 0.1) is 5.92 Å². The fourth-order valence-electron chi connectivity index (χ4n) is 3.46. The van der Waals surface area contributed by atoms with Crippen LogP contribution in [0.3, 0.4) is 0 Å². The maximum Gasteiger partial charge on any atom is 0.470 e. The first-order valence-electron chi connectivity index (χ1n) is 11.9. The van der Waals surface area contributed by atoms with Crippen LogP contribution in [0.5, 0.6) is 0 Å². The first-order valence-corrected chi connectivity index (χ1v) is 11.9. The standard InChI is InChI=1S/C22H20F3N5O3.C4H10/c23-22(24,25)20-27-26-19(33-20)17-8-6-16(7-9-17)14-30(18-4-2-1-3-5-18)21(32)29-12-10-28(15-31)11-13-29;1-4(2)3/h1-9,15H,10-14H2;4H,1-3H3. The number of halogens is 3. The molecule has 0 N–H and O–H groups in total. The lowest BCUT2D eigenvalue weighted by atomic mass is 10.1. The van der Waals surface area contributed by atoms with E-state index in [9.17, 15) is 22.8 Å². The van der Waals surface area contributed by atoms with Gasteiger partial charge in [-0.25, -0.2) is 4.79 Å². The first-order chi connectivity index (χ1) is 17.6. The maximum atomic E-state index is 13.3. The topological polar surface area (TPSA) is 82.8 Å². The summed E-state index contributed by atoms with van der Waals surface area (Å²) in [6.45, 7) is 8.54. The van der Waals surface area contributed by atoms with E-state index < -0.39 is 12.1 Å². The van der Waals surface area contributed by atoms with E-state index in [4.69, 9.17) is 4.42 Å². The summed E-state index contributed by atoms with van der Waals surface area (Å²) in [5, 5.41) is 6.49. The molecule has 2 heterocycles. The highest BCUT2D eigenvalue weighted by Crippen LogP contribution is 2.30. The minimum atomic E-state index is -4.71. The zero-order chi connectivity index (χ0) is 27.0. The van der Waals surface area contributed by atoms with E-state index >= 15 is 0 Å². The third-order valence-electron chi connectivity index (χ3n) is 5.24. The Morgan fingerprint density at radius 3 is 2.11 bits per heavy atom. The Bertz CT molecular complexity index is 1140. The van der Waals surface area contributed by atoms with Gasteiger partial charge in [-0.2, -0.15) is 13.2 Å². The highest BCUT2D eigenvalue weighted by Gasteiger charge is 2.38. The van der Waals surface area contributed by atoms with E-state index in [1.165, 1.54) is 0 Å². The quantitative estimate of drug-likeness (QED) is 0.428. The van der Waals surface area contributed by atoms with Crippen LogP contribution >= 0.6 is 0 Å². The molecule has 2 aromatic carbocycles. The lowest BCUT2D eigenvalue weighted by Gasteiger charge is -2.36. The number of amides is 3. The van der Waals surface area contributed by atoms with Gasteiger partial charge >= 0.3 is 18.1 Å². The van der Waals surface area contributed by atoms with Crippen LogP contribution in [0.25, 0.3) is 11.5 Å². The molecule has 1 aliphatic rings. The summed E-state index contributed by atoms with van der Waals surface area (Å²) in [6.07, 6.45) is -3.93. The van der Waals surface area contributed by atoms with Gasteiger partial charge < -0.3 is 14.2 Å². The van der Waals surface area contributed by atoms with Crippen molar-refractivity contribution < 1.29 is 27.2 Å². The summed E-state index contributed by atoms with van der Waals surface area (Å²) in [4.78, 5) is 29.2. The van der Waals surface area contributed by atoms with Gasteiger partial charge in [-0.3, -0.25) is 9.69 Å². The van der Waals surface area contributed by atoms with E-state index in [0.717, 1.165) is 17.9 Å². The fourth-order valence-corrected chi connectivity index (χ4v) is 3.46. The highest BCUT2D eigenvalue weighted by molar-refractivity contribution is 5.92. The van der Waals surface area contributed by atoms with Crippen molar-refractivity contribution in [1.29, 1.82) is 0 Å². The lowest BCUT2D eigenvalue weighted by Crippen LogP contribution is -2.52. The van der Waals surface area contributed by atoms with Gasteiger partial charge in [-0.05, 0) is 35.7 Å². The van der Waals surface area contributed by atoms with E-state index in [2.05, 4.69) is 31.0 Å². The molecular formula is C26H30F3N5O3. The first kappa shape index (κ1) is 27.7.